The lowest BCUT2D eigenvalue weighted by atomic mass is 9.94. The molecule has 1 fully saturated rings. The zero-order valence-electron chi connectivity index (χ0n) is 11.2. The molecule has 0 amide bonds. The van der Waals surface area contributed by atoms with Gasteiger partial charge in [0.15, 0.2) is 0 Å². The Kier molecular flexibility index (Phi) is 5.03. The Balaban J connectivity index is 2.62. The van der Waals surface area contributed by atoms with Crippen LogP contribution in [0.1, 0.15) is 33.1 Å². The van der Waals surface area contributed by atoms with Gasteiger partial charge in [0.2, 0.25) is 0 Å². The lowest BCUT2D eigenvalue weighted by molar-refractivity contribution is -0.152. The molecule has 18 heavy (non-hydrogen) atoms. The third-order valence-corrected chi connectivity index (χ3v) is 3.64. The van der Waals surface area contributed by atoms with Gasteiger partial charge in [-0.3, -0.25) is 4.90 Å². The summed E-state index contributed by atoms with van der Waals surface area (Å²) in [5.74, 6) is 0. The molecule has 1 aliphatic carbocycles. The minimum Gasteiger partial charge on any atom is -0.394 e. The number of nitrogens with one attached hydrogen (secondary N) is 1. The molecule has 0 aromatic heterocycles. The summed E-state index contributed by atoms with van der Waals surface area (Å²) in [6.07, 6.45) is -1.98. The van der Waals surface area contributed by atoms with E-state index in [2.05, 4.69) is 5.32 Å². The first kappa shape index (κ1) is 15.7. The Bertz CT molecular complexity index is 263. The maximum atomic E-state index is 12.5. The second-order valence-electron chi connectivity index (χ2n) is 5.54. The van der Waals surface area contributed by atoms with Gasteiger partial charge < -0.3 is 10.4 Å². The number of likely N-dealkylation sites (N-methyl/N-ethyl adjacent to an activating group) is 1. The van der Waals surface area contributed by atoms with Gasteiger partial charge in [-0.05, 0) is 40.2 Å². The second-order valence-corrected chi connectivity index (χ2v) is 5.54. The van der Waals surface area contributed by atoms with Gasteiger partial charge in [-0.15, -0.1) is 0 Å². The van der Waals surface area contributed by atoms with Crippen molar-refractivity contribution in [3.63, 3.8) is 0 Å². The highest BCUT2D eigenvalue weighted by Crippen LogP contribution is 2.33. The van der Waals surface area contributed by atoms with Crippen LogP contribution in [0.4, 0.5) is 13.2 Å². The predicted molar refractivity (Wildman–Crippen MR) is 64.4 cm³/mol. The molecule has 0 bridgehead atoms. The van der Waals surface area contributed by atoms with Crippen molar-refractivity contribution in [1.82, 2.24) is 10.2 Å². The highest BCUT2D eigenvalue weighted by molar-refractivity contribution is 4.93. The molecule has 1 rings (SSSR count). The molecule has 0 aromatic carbocycles. The predicted octanol–water partition coefficient (Wildman–Crippen LogP) is 1.76. The normalized spacial score (nSPS) is 22.0. The summed E-state index contributed by atoms with van der Waals surface area (Å²) in [7, 11) is 1.72. The van der Waals surface area contributed by atoms with Gasteiger partial charge in [0, 0.05) is 17.6 Å². The van der Waals surface area contributed by atoms with Crippen LogP contribution in [-0.4, -0.2) is 54.0 Å². The molecule has 0 heterocycles. The van der Waals surface area contributed by atoms with Crippen LogP contribution >= 0.6 is 0 Å². The molecule has 0 aromatic rings. The molecule has 108 valence electrons. The van der Waals surface area contributed by atoms with Crippen LogP contribution in [0, 0.1) is 0 Å². The molecule has 0 spiro atoms. The molecule has 2 atom stereocenters. The van der Waals surface area contributed by atoms with E-state index < -0.39 is 18.3 Å². The van der Waals surface area contributed by atoms with Crippen LogP contribution in [0.15, 0.2) is 0 Å². The zero-order valence-corrected chi connectivity index (χ0v) is 11.2. The summed E-state index contributed by atoms with van der Waals surface area (Å²) >= 11 is 0. The fraction of sp³-hybridized carbons (Fsp3) is 1.00. The maximum absolute atomic E-state index is 12.5. The fourth-order valence-electron chi connectivity index (χ4n) is 2.27. The largest absolute Gasteiger partial charge is 0.401 e. The summed E-state index contributed by atoms with van der Waals surface area (Å²) in [5, 5.41) is 12.3. The number of nitrogens with zero attached hydrogens (tertiary/aromatic N) is 1. The van der Waals surface area contributed by atoms with Crippen molar-refractivity contribution in [3.05, 3.63) is 0 Å². The van der Waals surface area contributed by atoms with E-state index in [9.17, 15) is 18.3 Å². The van der Waals surface area contributed by atoms with Gasteiger partial charge in [0.25, 0.3) is 0 Å². The van der Waals surface area contributed by atoms with E-state index >= 15 is 0 Å². The third kappa shape index (κ3) is 4.74. The van der Waals surface area contributed by atoms with Gasteiger partial charge in [-0.1, -0.05) is 0 Å². The van der Waals surface area contributed by atoms with Crippen LogP contribution in [0.3, 0.4) is 0 Å². The molecule has 0 saturated heterocycles. The van der Waals surface area contributed by atoms with E-state index in [1.807, 2.05) is 6.92 Å². The Labute approximate surface area is 106 Å². The average Bonchev–Trinajstić information content (AvgIpc) is 3.08. The van der Waals surface area contributed by atoms with E-state index in [-0.39, 0.29) is 18.7 Å². The number of aliphatic hydroxyl groups is 1. The quantitative estimate of drug-likeness (QED) is 0.738. The minimum atomic E-state index is -4.16. The first-order valence-electron chi connectivity index (χ1n) is 6.33. The van der Waals surface area contributed by atoms with E-state index in [0.717, 1.165) is 12.8 Å². The fourth-order valence-corrected chi connectivity index (χ4v) is 2.27. The van der Waals surface area contributed by atoms with Crippen molar-refractivity contribution in [2.75, 3.05) is 20.2 Å². The maximum Gasteiger partial charge on any atom is 0.401 e. The summed E-state index contributed by atoms with van der Waals surface area (Å²) in [4.78, 5) is 1.52. The number of aliphatic hydroxyl groups excluding tert-OH is 1. The summed E-state index contributed by atoms with van der Waals surface area (Å²) in [6, 6.07) is -0.148. The Hall–Kier alpha value is -0.330. The second kappa shape index (κ2) is 5.75. The van der Waals surface area contributed by atoms with E-state index in [1.165, 1.54) is 4.90 Å². The van der Waals surface area contributed by atoms with Gasteiger partial charge >= 0.3 is 6.18 Å². The lowest BCUT2D eigenvalue weighted by Gasteiger charge is -2.36. The topological polar surface area (TPSA) is 35.5 Å². The highest BCUT2D eigenvalue weighted by atomic mass is 19.4. The Morgan fingerprint density at radius 2 is 1.94 bits per heavy atom. The van der Waals surface area contributed by atoms with E-state index in [1.54, 1.807) is 14.0 Å². The van der Waals surface area contributed by atoms with Crippen LogP contribution in [0.25, 0.3) is 0 Å². The first-order valence-corrected chi connectivity index (χ1v) is 6.33. The van der Waals surface area contributed by atoms with Gasteiger partial charge in [-0.2, -0.15) is 13.2 Å². The van der Waals surface area contributed by atoms with Crippen LogP contribution < -0.4 is 5.32 Å². The van der Waals surface area contributed by atoms with Crippen molar-refractivity contribution in [3.8, 4) is 0 Å². The van der Waals surface area contributed by atoms with Crippen LogP contribution in [0.2, 0.25) is 0 Å². The van der Waals surface area contributed by atoms with Crippen molar-refractivity contribution < 1.29 is 18.3 Å². The van der Waals surface area contributed by atoms with Crippen molar-refractivity contribution in [1.29, 1.82) is 0 Å². The number of hydrogen-bond acceptors (Lipinski definition) is 3. The molecule has 2 N–H and O–H groups in total. The highest BCUT2D eigenvalue weighted by Gasteiger charge is 2.41. The third-order valence-electron chi connectivity index (χ3n) is 3.64. The van der Waals surface area contributed by atoms with Gasteiger partial charge in [-0.25, -0.2) is 0 Å². The summed E-state index contributed by atoms with van der Waals surface area (Å²) < 4.78 is 37.6. The molecule has 1 aliphatic rings. The molecule has 3 nitrogen and oxygen atoms in total. The lowest BCUT2D eigenvalue weighted by Crippen LogP contribution is -2.51. The first-order chi connectivity index (χ1) is 8.21. The Morgan fingerprint density at radius 3 is 2.28 bits per heavy atom. The molecular formula is C12H23F3N2O. The Morgan fingerprint density at radius 1 is 1.39 bits per heavy atom. The molecule has 0 aliphatic heterocycles. The van der Waals surface area contributed by atoms with Crippen LogP contribution in [0.5, 0.6) is 0 Å². The summed E-state index contributed by atoms with van der Waals surface area (Å²) in [5.41, 5.74) is -0.530. The van der Waals surface area contributed by atoms with Gasteiger partial charge in [0.05, 0.1) is 13.2 Å². The van der Waals surface area contributed by atoms with E-state index in [0.29, 0.717) is 6.42 Å². The number of alkyl halides is 3. The SMILES string of the molecule is CNC(C)(CO)CC(C)N(CC(F)(F)F)C1CC1. The molecule has 6 heteroatoms. The minimum absolute atomic E-state index is 0.0569. The zero-order chi connectivity index (χ0) is 14.0. The smallest absolute Gasteiger partial charge is 0.394 e. The number of rotatable bonds is 7. The number of halogens is 3. The van der Waals surface area contributed by atoms with Crippen molar-refractivity contribution in [2.24, 2.45) is 0 Å². The van der Waals surface area contributed by atoms with Crippen molar-refractivity contribution >= 4 is 0 Å². The molecule has 1 saturated carbocycles. The van der Waals surface area contributed by atoms with Gasteiger partial charge in [0.1, 0.15) is 0 Å². The molecule has 2 unspecified atom stereocenters. The van der Waals surface area contributed by atoms with Crippen molar-refractivity contribution in [2.45, 2.75) is 56.9 Å². The van der Waals surface area contributed by atoms with Crippen LogP contribution in [-0.2, 0) is 0 Å². The molecular weight excluding hydrogens is 245 g/mol. The summed E-state index contributed by atoms with van der Waals surface area (Å²) in [6.45, 7) is 2.68. The molecule has 0 radical (unpaired) electrons. The van der Waals surface area contributed by atoms with E-state index in [4.69, 9.17) is 0 Å². The standard InChI is InChI=1S/C12H23F3N2O/c1-9(6-11(2,8-18)16-3)17(10-4-5-10)7-12(13,14)15/h9-10,16,18H,4-8H2,1-3H3. The monoisotopic (exact) mass is 268 g/mol. The average molecular weight is 268 g/mol. The number of hydrogen-bond donors (Lipinski definition) is 2.